The molecule has 0 aliphatic heterocycles. The molecule has 0 fully saturated rings. The van der Waals surface area contributed by atoms with Gasteiger partial charge in [0.05, 0.1) is 5.69 Å². The van der Waals surface area contributed by atoms with E-state index in [0.29, 0.717) is 10.7 Å². The lowest BCUT2D eigenvalue weighted by atomic mass is 10.1. The lowest BCUT2D eigenvalue weighted by Crippen LogP contribution is -2.11. The van der Waals surface area contributed by atoms with Crippen molar-refractivity contribution in [2.45, 2.75) is 13.8 Å². The number of nitrogens with one attached hydrogen (secondary N) is 2. The molecule has 2 N–H and O–H groups in total. The first kappa shape index (κ1) is 18.3. The summed E-state index contributed by atoms with van der Waals surface area (Å²) in [4.78, 5) is 21.4. The van der Waals surface area contributed by atoms with Crippen molar-refractivity contribution in [2.24, 2.45) is 0 Å². The fourth-order valence-electron chi connectivity index (χ4n) is 2.68. The summed E-state index contributed by atoms with van der Waals surface area (Å²) in [6, 6.07) is 13.6. The van der Waals surface area contributed by atoms with Gasteiger partial charge >= 0.3 is 0 Å². The average molecular weight is 407 g/mol. The molecule has 0 bridgehead atoms. The number of aryl methyl sites for hydroxylation is 2. The minimum Gasteiger partial charge on any atom is -0.332 e. The lowest BCUT2D eigenvalue weighted by Gasteiger charge is -2.06. The van der Waals surface area contributed by atoms with Gasteiger partial charge in [0.2, 0.25) is 0 Å². The van der Waals surface area contributed by atoms with E-state index < -0.39 is 0 Å². The second kappa shape index (κ2) is 7.92. The Kier molecular flexibility index (Phi) is 5.18. The van der Waals surface area contributed by atoms with Crippen molar-refractivity contribution in [2.75, 3.05) is 10.6 Å². The molecule has 0 atom stereocenters. The van der Waals surface area contributed by atoms with Crippen molar-refractivity contribution in [1.82, 2.24) is 9.97 Å². The van der Waals surface area contributed by atoms with Gasteiger partial charge in [-0.2, -0.15) is 0 Å². The van der Waals surface area contributed by atoms with Gasteiger partial charge in [0, 0.05) is 33.8 Å². The van der Waals surface area contributed by atoms with E-state index in [1.165, 1.54) is 33.8 Å². The molecule has 4 rings (SSSR count). The van der Waals surface area contributed by atoms with Crippen LogP contribution >= 0.6 is 22.7 Å². The van der Waals surface area contributed by atoms with Crippen molar-refractivity contribution in [3.63, 3.8) is 0 Å². The SMILES string of the molecule is Cc1ccc(-c2csc(NC(=O)c3cccc(Nc4nccs4)c3)n2)cc1C. The standard InChI is InChI=1S/C21H18N4OS2/c1-13-6-7-15(10-14(13)2)18-12-28-21(24-18)25-19(26)16-4-3-5-17(11-16)23-20-22-8-9-27-20/h3-12H,1-2H3,(H,22,23)(H,24,25,26). The monoisotopic (exact) mass is 406 g/mol. The van der Waals surface area contributed by atoms with E-state index in [4.69, 9.17) is 0 Å². The van der Waals surface area contributed by atoms with Crippen LogP contribution in [-0.4, -0.2) is 15.9 Å². The van der Waals surface area contributed by atoms with Gasteiger partial charge in [-0.25, -0.2) is 9.97 Å². The first-order chi connectivity index (χ1) is 13.6. The summed E-state index contributed by atoms with van der Waals surface area (Å²) in [7, 11) is 0. The molecule has 7 heteroatoms. The third-order valence-corrected chi connectivity index (χ3v) is 5.78. The van der Waals surface area contributed by atoms with Crippen LogP contribution < -0.4 is 10.6 Å². The maximum Gasteiger partial charge on any atom is 0.257 e. The molecule has 0 radical (unpaired) electrons. The number of anilines is 3. The molecule has 0 aliphatic rings. The van der Waals surface area contributed by atoms with Gasteiger partial charge in [0.15, 0.2) is 10.3 Å². The summed E-state index contributed by atoms with van der Waals surface area (Å²) in [6.07, 6.45) is 1.74. The maximum absolute atomic E-state index is 12.6. The van der Waals surface area contributed by atoms with Crippen molar-refractivity contribution in [3.8, 4) is 11.3 Å². The summed E-state index contributed by atoms with van der Waals surface area (Å²) >= 11 is 2.92. The van der Waals surface area contributed by atoms with Gasteiger partial charge < -0.3 is 5.32 Å². The van der Waals surface area contributed by atoms with Crippen LogP contribution in [0.15, 0.2) is 59.4 Å². The Morgan fingerprint density at radius 1 is 1.00 bits per heavy atom. The van der Waals surface area contributed by atoms with Crippen LogP contribution in [0, 0.1) is 13.8 Å². The van der Waals surface area contributed by atoms with Gasteiger partial charge in [-0.05, 0) is 49.2 Å². The van der Waals surface area contributed by atoms with Crippen LogP contribution in [0.2, 0.25) is 0 Å². The zero-order valence-electron chi connectivity index (χ0n) is 15.4. The summed E-state index contributed by atoms with van der Waals surface area (Å²) in [6.45, 7) is 4.17. The zero-order valence-corrected chi connectivity index (χ0v) is 17.0. The number of thiazole rings is 2. The summed E-state index contributed by atoms with van der Waals surface area (Å²) in [5.41, 5.74) is 5.76. The molecule has 2 aromatic heterocycles. The Labute approximate surface area is 171 Å². The van der Waals surface area contributed by atoms with Gasteiger partial charge in [0.25, 0.3) is 5.91 Å². The van der Waals surface area contributed by atoms with Crippen molar-refractivity contribution in [3.05, 3.63) is 76.1 Å². The van der Waals surface area contributed by atoms with Gasteiger partial charge in [-0.15, -0.1) is 22.7 Å². The highest BCUT2D eigenvalue weighted by atomic mass is 32.1. The highest BCUT2D eigenvalue weighted by Crippen LogP contribution is 2.27. The number of hydrogen-bond donors (Lipinski definition) is 2. The molecular weight excluding hydrogens is 388 g/mol. The largest absolute Gasteiger partial charge is 0.332 e. The fourth-order valence-corrected chi connectivity index (χ4v) is 3.94. The third kappa shape index (κ3) is 4.11. The topological polar surface area (TPSA) is 66.9 Å². The van der Waals surface area contributed by atoms with Crippen LogP contribution in [0.1, 0.15) is 21.5 Å². The highest BCUT2D eigenvalue weighted by Gasteiger charge is 2.11. The zero-order chi connectivity index (χ0) is 19.5. The summed E-state index contributed by atoms with van der Waals surface area (Å²) in [5.74, 6) is -0.191. The Morgan fingerprint density at radius 3 is 2.68 bits per heavy atom. The van der Waals surface area contributed by atoms with Crippen LogP contribution in [-0.2, 0) is 0 Å². The van der Waals surface area contributed by atoms with E-state index in [-0.39, 0.29) is 5.91 Å². The minimum absolute atomic E-state index is 0.191. The number of amides is 1. The fraction of sp³-hybridized carbons (Fsp3) is 0.0952. The molecule has 0 aliphatic carbocycles. The summed E-state index contributed by atoms with van der Waals surface area (Å²) < 4.78 is 0. The maximum atomic E-state index is 12.6. The molecular formula is C21H18N4OS2. The van der Waals surface area contributed by atoms with E-state index in [1.807, 2.05) is 22.9 Å². The molecule has 0 saturated heterocycles. The molecule has 1 amide bonds. The third-order valence-electron chi connectivity index (χ3n) is 4.34. The minimum atomic E-state index is -0.191. The number of carbonyl (C=O) groups is 1. The molecule has 2 heterocycles. The Balaban J connectivity index is 1.48. The number of hydrogen-bond acceptors (Lipinski definition) is 6. The highest BCUT2D eigenvalue weighted by molar-refractivity contribution is 7.14. The normalized spacial score (nSPS) is 10.6. The van der Waals surface area contributed by atoms with Crippen LogP contribution in [0.25, 0.3) is 11.3 Å². The van der Waals surface area contributed by atoms with E-state index >= 15 is 0 Å². The molecule has 5 nitrogen and oxygen atoms in total. The molecule has 140 valence electrons. The summed E-state index contributed by atoms with van der Waals surface area (Å²) in [5, 5.41) is 11.3. The quantitative estimate of drug-likeness (QED) is 0.434. The smallest absolute Gasteiger partial charge is 0.257 e. The second-order valence-corrected chi connectivity index (χ2v) is 8.09. The Morgan fingerprint density at radius 2 is 1.89 bits per heavy atom. The predicted molar refractivity (Wildman–Crippen MR) is 117 cm³/mol. The van der Waals surface area contributed by atoms with E-state index in [2.05, 4.69) is 52.6 Å². The van der Waals surface area contributed by atoms with Gasteiger partial charge in [-0.1, -0.05) is 18.2 Å². The Bertz CT molecular complexity index is 1120. The number of carbonyl (C=O) groups excluding carboxylic acids is 1. The van der Waals surface area contributed by atoms with Crippen LogP contribution in [0.4, 0.5) is 16.0 Å². The van der Waals surface area contributed by atoms with Crippen LogP contribution in [0.5, 0.6) is 0 Å². The molecule has 28 heavy (non-hydrogen) atoms. The van der Waals surface area contributed by atoms with E-state index in [9.17, 15) is 4.79 Å². The predicted octanol–water partition coefficient (Wildman–Crippen LogP) is 5.88. The average Bonchev–Trinajstić information content (AvgIpc) is 3.36. The first-order valence-corrected chi connectivity index (χ1v) is 10.5. The van der Waals surface area contributed by atoms with E-state index in [1.54, 1.807) is 18.3 Å². The molecule has 2 aromatic carbocycles. The van der Waals surface area contributed by atoms with E-state index in [0.717, 1.165) is 22.1 Å². The first-order valence-electron chi connectivity index (χ1n) is 8.69. The molecule has 0 saturated carbocycles. The molecule has 4 aromatic rings. The molecule has 0 unspecified atom stereocenters. The molecule has 0 spiro atoms. The Hall–Kier alpha value is -3.03. The van der Waals surface area contributed by atoms with Crippen molar-refractivity contribution in [1.29, 1.82) is 0 Å². The number of nitrogens with zero attached hydrogens (tertiary/aromatic N) is 2. The van der Waals surface area contributed by atoms with Crippen molar-refractivity contribution < 1.29 is 4.79 Å². The lowest BCUT2D eigenvalue weighted by molar-refractivity contribution is 0.102. The number of aromatic nitrogens is 2. The van der Waals surface area contributed by atoms with Crippen LogP contribution in [0.3, 0.4) is 0 Å². The number of rotatable bonds is 5. The second-order valence-electron chi connectivity index (χ2n) is 6.33. The van der Waals surface area contributed by atoms with Gasteiger partial charge in [0.1, 0.15) is 0 Å². The number of benzene rings is 2. The van der Waals surface area contributed by atoms with Crippen molar-refractivity contribution >= 4 is 44.5 Å². The van der Waals surface area contributed by atoms with Gasteiger partial charge in [-0.3, -0.25) is 10.1 Å².